The molecule has 0 radical (unpaired) electrons. The lowest BCUT2D eigenvalue weighted by Gasteiger charge is -2.18. The van der Waals surface area contributed by atoms with Crippen LogP contribution in [0.3, 0.4) is 0 Å². The van der Waals surface area contributed by atoms with Gasteiger partial charge in [0, 0.05) is 11.3 Å². The van der Waals surface area contributed by atoms with E-state index in [1.54, 1.807) is 44.2 Å². The van der Waals surface area contributed by atoms with E-state index in [9.17, 15) is 48.5 Å². The molecule has 0 fully saturated rings. The molecule has 4 aromatic rings. The number of anilines is 3. The van der Waals surface area contributed by atoms with Gasteiger partial charge in [-0.2, -0.15) is 35.5 Å². The van der Waals surface area contributed by atoms with Crippen LogP contribution in [0.15, 0.2) is 97.7 Å². The number of aryl methyl sites for hydroxylation is 2. The number of Topliss-reactive ketones (excluding diaryl/α,β-unsaturated/α-hetero) is 2. The first-order chi connectivity index (χ1) is 24.8. The Hall–Kier alpha value is -5.83. The average molecular weight is 778 g/mol. The van der Waals surface area contributed by atoms with Crippen molar-refractivity contribution < 1.29 is 48.5 Å². The zero-order valence-corrected chi connectivity index (χ0v) is 29.8. The van der Waals surface area contributed by atoms with Gasteiger partial charge in [-0.3, -0.25) is 34.1 Å². The molecule has 0 aliphatic heterocycles. The van der Waals surface area contributed by atoms with Crippen LogP contribution in [-0.2, 0) is 30.4 Å². The Balaban J connectivity index is 1.23. The molecule has 0 saturated heterocycles. The number of hydrogen-bond donors (Lipinski definition) is 6. The number of hydrazone groups is 2. The quantitative estimate of drug-likeness (QED) is 0.0810. The summed E-state index contributed by atoms with van der Waals surface area (Å²) >= 11 is 0. The topological polar surface area (TPSA) is 272 Å². The van der Waals surface area contributed by atoms with E-state index in [2.05, 4.69) is 21.1 Å². The monoisotopic (exact) mass is 777 g/mol. The second-order valence-corrected chi connectivity index (χ2v) is 16.0. The molecule has 272 valence electrons. The molecular weight excluding hydrogens is 751 g/mol. The number of nitrogens with one attached hydrogen (secondary N) is 2. The fraction of sp³-hybridized carbons (Fsp3) is 0.0588. The number of benzene rings is 4. The molecule has 2 aliphatic carbocycles. The molecule has 0 spiro atoms. The second-order valence-electron chi connectivity index (χ2n) is 11.8. The number of allylic oxidation sites excluding steroid dienone is 2. The highest BCUT2D eigenvalue weighted by molar-refractivity contribution is 7.91. The third kappa shape index (κ3) is 7.16. The van der Waals surface area contributed by atoms with E-state index >= 15 is 0 Å². The van der Waals surface area contributed by atoms with Crippen LogP contribution in [0.4, 0.5) is 17.1 Å². The fourth-order valence-electron chi connectivity index (χ4n) is 5.76. The summed E-state index contributed by atoms with van der Waals surface area (Å²) < 4.78 is 101. The van der Waals surface area contributed by atoms with E-state index in [4.69, 9.17) is 5.73 Å². The van der Waals surface area contributed by atoms with Crippen molar-refractivity contribution in [2.24, 2.45) is 10.2 Å². The number of nitrogens with two attached hydrogens (primary N) is 1. The van der Waals surface area contributed by atoms with Gasteiger partial charge in [0.2, 0.25) is 11.6 Å². The standard InChI is InChI=1S/C34H27N5O11S3/c1-17-14-19(6-10-24(17)36-38-26-12-8-22-27(51(42,43)44)13-9-23(35)31(22)33(26)40)20-7-11-25(18(2)15-20)37-39-32-29(53(48,49)50)16-21-4-3-5-28(52(45,46)47)30(21)34(32)41/h3-16,36-37H,35H2,1-2H3,(H,42,43,44)(H,45,46,47)(H,48,49,50)/b38-26+,39-32-. The van der Waals surface area contributed by atoms with Gasteiger partial charge in [-0.25, -0.2) is 0 Å². The second kappa shape index (κ2) is 13.3. The van der Waals surface area contributed by atoms with Gasteiger partial charge in [0.25, 0.3) is 30.4 Å². The summed E-state index contributed by atoms with van der Waals surface area (Å²) in [5.41, 5.74) is 13.4. The summed E-state index contributed by atoms with van der Waals surface area (Å²) in [4.78, 5) is 24.4. The minimum absolute atomic E-state index is 0.0149. The van der Waals surface area contributed by atoms with E-state index < -0.39 is 67.9 Å². The molecule has 2 aliphatic rings. The molecule has 4 aromatic carbocycles. The van der Waals surface area contributed by atoms with Gasteiger partial charge in [0.05, 0.1) is 22.5 Å². The third-order valence-corrected chi connectivity index (χ3v) is 11.0. The van der Waals surface area contributed by atoms with Gasteiger partial charge in [-0.1, -0.05) is 30.3 Å². The van der Waals surface area contributed by atoms with Crippen molar-refractivity contribution in [3.05, 3.63) is 111 Å². The van der Waals surface area contributed by atoms with Gasteiger partial charge < -0.3 is 5.73 Å². The molecule has 53 heavy (non-hydrogen) atoms. The maximum Gasteiger partial charge on any atom is 0.296 e. The van der Waals surface area contributed by atoms with Crippen LogP contribution < -0.4 is 16.6 Å². The Kier molecular flexibility index (Phi) is 9.27. The highest BCUT2D eigenvalue weighted by Crippen LogP contribution is 2.33. The summed E-state index contributed by atoms with van der Waals surface area (Å²) in [6.07, 6.45) is 3.51. The van der Waals surface area contributed by atoms with Crippen LogP contribution in [0.25, 0.3) is 23.3 Å². The number of nitrogen functional groups attached to an aromatic ring is 1. The van der Waals surface area contributed by atoms with Crippen LogP contribution >= 0.6 is 0 Å². The Morgan fingerprint density at radius 1 is 0.642 bits per heavy atom. The minimum atomic E-state index is -5.01. The van der Waals surface area contributed by atoms with Crippen LogP contribution in [0.5, 0.6) is 0 Å². The molecule has 0 atom stereocenters. The molecule has 7 N–H and O–H groups in total. The predicted octanol–water partition coefficient (Wildman–Crippen LogP) is 4.62. The van der Waals surface area contributed by atoms with Crippen LogP contribution in [-0.4, -0.2) is 61.9 Å². The lowest BCUT2D eigenvalue weighted by atomic mass is 9.93. The van der Waals surface area contributed by atoms with Crippen molar-refractivity contribution in [2.75, 3.05) is 16.6 Å². The summed E-state index contributed by atoms with van der Waals surface area (Å²) in [7, 11) is -14.5. The maximum atomic E-state index is 13.4. The Morgan fingerprint density at radius 2 is 1.23 bits per heavy atom. The summed E-state index contributed by atoms with van der Waals surface area (Å²) in [6.45, 7) is 3.50. The predicted molar refractivity (Wildman–Crippen MR) is 198 cm³/mol. The molecule has 0 saturated carbocycles. The SMILES string of the molecule is Cc1cc(-c2ccc(N/N=C3\C(=O)c4c(cccc4S(=O)(=O)O)C=C3S(=O)(=O)O)c(C)c2)ccc1N/N=C1\C=Cc2c(S(=O)(=O)O)ccc(N)c2C1=O. The van der Waals surface area contributed by atoms with E-state index in [0.29, 0.717) is 16.9 Å². The molecule has 0 unspecified atom stereocenters. The summed E-state index contributed by atoms with van der Waals surface area (Å²) in [5.74, 6) is -1.81. The number of carbonyl (C=O) groups is 2. The van der Waals surface area contributed by atoms with Crippen molar-refractivity contribution >= 4 is 82.6 Å². The first kappa shape index (κ1) is 36.9. The zero-order chi connectivity index (χ0) is 38.6. The summed E-state index contributed by atoms with van der Waals surface area (Å²) in [5, 5.41) is 8.12. The minimum Gasteiger partial charge on any atom is -0.398 e. The Bertz CT molecular complexity index is 2770. The van der Waals surface area contributed by atoms with Gasteiger partial charge in [-0.15, -0.1) is 0 Å². The van der Waals surface area contributed by atoms with Crippen molar-refractivity contribution in [3.8, 4) is 11.1 Å². The van der Waals surface area contributed by atoms with Gasteiger partial charge >= 0.3 is 0 Å². The van der Waals surface area contributed by atoms with Gasteiger partial charge in [0.15, 0.2) is 5.71 Å². The molecule has 0 heterocycles. The average Bonchev–Trinajstić information content (AvgIpc) is 3.06. The first-order valence-electron chi connectivity index (χ1n) is 15.1. The number of carbonyl (C=O) groups excluding carboxylic acids is 2. The van der Waals surface area contributed by atoms with Gasteiger partial charge in [-0.05, 0) is 96.3 Å². The van der Waals surface area contributed by atoms with E-state index in [1.807, 2.05) is 6.07 Å². The largest absolute Gasteiger partial charge is 0.398 e. The molecule has 0 amide bonds. The number of rotatable bonds is 8. The number of fused-ring (bicyclic) bond motifs is 2. The van der Waals surface area contributed by atoms with E-state index in [1.165, 1.54) is 30.4 Å². The highest BCUT2D eigenvalue weighted by Gasteiger charge is 2.36. The van der Waals surface area contributed by atoms with Crippen LogP contribution in [0.2, 0.25) is 0 Å². The normalized spacial score (nSPS) is 16.0. The maximum absolute atomic E-state index is 13.4. The number of hydrogen-bond acceptors (Lipinski definition) is 13. The van der Waals surface area contributed by atoms with E-state index in [-0.39, 0.29) is 28.1 Å². The van der Waals surface area contributed by atoms with Crippen LogP contribution in [0.1, 0.15) is 43.0 Å². The highest BCUT2D eigenvalue weighted by atomic mass is 32.2. The lowest BCUT2D eigenvalue weighted by molar-refractivity contribution is 0.105. The summed E-state index contributed by atoms with van der Waals surface area (Å²) in [6, 6.07) is 16.1. The smallest absolute Gasteiger partial charge is 0.296 e. The lowest BCUT2D eigenvalue weighted by Crippen LogP contribution is -2.28. The van der Waals surface area contributed by atoms with E-state index in [0.717, 1.165) is 34.9 Å². The van der Waals surface area contributed by atoms with Gasteiger partial charge in [0.1, 0.15) is 20.4 Å². The molecule has 0 aromatic heterocycles. The van der Waals surface area contributed by atoms with Crippen molar-refractivity contribution in [1.29, 1.82) is 0 Å². The zero-order valence-electron chi connectivity index (χ0n) is 27.4. The van der Waals surface area contributed by atoms with Crippen molar-refractivity contribution in [3.63, 3.8) is 0 Å². The fourth-order valence-corrected chi connectivity index (χ4v) is 7.82. The van der Waals surface area contributed by atoms with Crippen LogP contribution in [0, 0.1) is 13.8 Å². The van der Waals surface area contributed by atoms with Crippen molar-refractivity contribution in [1.82, 2.24) is 0 Å². The Labute approximate surface area is 302 Å². The van der Waals surface area contributed by atoms with Crippen molar-refractivity contribution in [2.45, 2.75) is 23.6 Å². The molecule has 16 nitrogen and oxygen atoms in total. The number of nitrogens with zero attached hydrogens (tertiary/aromatic N) is 2. The molecule has 6 rings (SSSR count). The first-order valence-corrected chi connectivity index (χ1v) is 19.4. The molecule has 0 bridgehead atoms. The molecule has 19 heteroatoms. The third-order valence-electron chi connectivity index (χ3n) is 8.33. The number of ketones is 2. The molecular formula is C34H27N5O11S3. The Morgan fingerprint density at radius 3 is 1.77 bits per heavy atom.